The quantitative estimate of drug-likeness (QED) is 0.422. The van der Waals surface area contributed by atoms with E-state index in [0.29, 0.717) is 11.5 Å². The SMILES string of the molecule is C[n+]1c(-c2ccccc2)oc(-c2ccc([N+](=O)[O-])cc2)c1[O-]. The van der Waals surface area contributed by atoms with Gasteiger partial charge in [0.2, 0.25) is 0 Å². The number of oxazole rings is 1. The van der Waals surface area contributed by atoms with Gasteiger partial charge in [-0.25, -0.2) is 0 Å². The number of nitro benzene ring substituents is 1. The first kappa shape index (κ1) is 13.8. The molecule has 0 saturated carbocycles. The zero-order valence-electron chi connectivity index (χ0n) is 11.7. The Morgan fingerprint density at radius 2 is 1.64 bits per heavy atom. The van der Waals surface area contributed by atoms with E-state index in [9.17, 15) is 15.2 Å². The highest BCUT2D eigenvalue weighted by atomic mass is 16.6. The molecule has 0 amide bonds. The predicted octanol–water partition coefficient (Wildman–Crippen LogP) is 2.42. The van der Waals surface area contributed by atoms with E-state index in [2.05, 4.69) is 0 Å². The topological polar surface area (TPSA) is 83.2 Å². The normalized spacial score (nSPS) is 10.6. The van der Waals surface area contributed by atoms with Crippen LogP contribution in [0.2, 0.25) is 0 Å². The van der Waals surface area contributed by atoms with Crippen LogP contribution in [-0.4, -0.2) is 4.92 Å². The number of benzene rings is 2. The van der Waals surface area contributed by atoms with Crippen molar-refractivity contribution in [2.24, 2.45) is 7.05 Å². The zero-order valence-corrected chi connectivity index (χ0v) is 11.7. The van der Waals surface area contributed by atoms with E-state index in [0.717, 1.165) is 5.56 Å². The molecule has 1 heterocycles. The van der Waals surface area contributed by atoms with Crippen molar-refractivity contribution < 1.29 is 19.0 Å². The molecule has 0 aliphatic carbocycles. The summed E-state index contributed by atoms with van der Waals surface area (Å²) >= 11 is 0. The fourth-order valence-corrected chi connectivity index (χ4v) is 2.20. The van der Waals surface area contributed by atoms with E-state index in [1.165, 1.54) is 28.8 Å². The Morgan fingerprint density at radius 3 is 2.23 bits per heavy atom. The smallest absolute Gasteiger partial charge is 0.380 e. The van der Waals surface area contributed by atoms with Gasteiger partial charge in [-0.1, -0.05) is 18.2 Å². The Hall–Kier alpha value is -3.15. The number of non-ortho nitro benzene ring substituents is 1. The lowest BCUT2D eigenvalue weighted by Gasteiger charge is -1.99. The van der Waals surface area contributed by atoms with Gasteiger partial charge in [-0.15, -0.1) is 0 Å². The van der Waals surface area contributed by atoms with Crippen molar-refractivity contribution in [2.75, 3.05) is 0 Å². The summed E-state index contributed by atoms with van der Waals surface area (Å²) in [7, 11) is 1.63. The molecule has 0 spiro atoms. The van der Waals surface area contributed by atoms with Gasteiger partial charge in [-0.2, -0.15) is 4.57 Å². The molecule has 0 aliphatic heterocycles. The number of nitrogens with zero attached hydrogens (tertiary/aromatic N) is 2. The highest BCUT2D eigenvalue weighted by Crippen LogP contribution is 2.31. The maximum atomic E-state index is 12.3. The van der Waals surface area contributed by atoms with Crippen LogP contribution in [0.3, 0.4) is 0 Å². The predicted molar refractivity (Wildman–Crippen MR) is 76.9 cm³/mol. The van der Waals surface area contributed by atoms with Gasteiger partial charge in [0.05, 0.1) is 10.5 Å². The molecule has 22 heavy (non-hydrogen) atoms. The zero-order chi connectivity index (χ0) is 15.7. The van der Waals surface area contributed by atoms with Gasteiger partial charge in [-0.05, 0) is 24.3 Å². The number of nitro groups is 1. The van der Waals surface area contributed by atoms with Crippen molar-refractivity contribution in [3.8, 4) is 28.7 Å². The standard InChI is InChI=1S/C16H12N2O4/c1-17-15(19)14(11-7-9-13(10-8-11)18(20)21)22-16(17)12-5-3-2-4-6-12/h2-10H,1H3. The molecule has 6 heteroatoms. The molecular weight excluding hydrogens is 284 g/mol. The molecule has 3 aromatic rings. The van der Waals surface area contributed by atoms with Crippen molar-refractivity contribution in [1.82, 2.24) is 0 Å². The molecule has 110 valence electrons. The molecule has 6 nitrogen and oxygen atoms in total. The van der Waals surface area contributed by atoms with Crippen LogP contribution in [0, 0.1) is 10.1 Å². The maximum Gasteiger partial charge on any atom is 0.380 e. The monoisotopic (exact) mass is 296 g/mol. The Labute approximate surface area is 126 Å². The first-order valence-corrected chi connectivity index (χ1v) is 6.58. The minimum absolute atomic E-state index is 0.0320. The van der Waals surface area contributed by atoms with Crippen LogP contribution in [0.4, 0.5) is 5.69 Å². The largest absolute Gasteiger partial charge is 0.820 e. The highest BCUT2D eigenvalue weighted by Gasteiger charge is 2.22. The van der Waals surface area contributed by atoms with E-state index >= 15 is 0 Å². The first-order chi connectivity index (χ1) is 10.6. The minimum Gasteiger partial charge on any atom is -0.820 e. The molecule has 3 rings (SSSR count). The summed E-state index contributed by atoms with van der Waals surface area (Å²) in [6, 6.07) is 15.0. The van der Waals surface area contributed by atoms with Gasteiger partial charge >= 0.3 is 5.89 Å². The molecule has 0 unspecified atom stereocenters. The van der Waals surface area contributed by atoms with Crippen LogP contribution in [0.15, 0.2) is 59.0 Å². The molecule has 0 fully saturated rings. The molecule has 0 radical (unpaired) electrons. The van der Waals surface area contributed by atoms with E-state index in [1.54, 1.807) is 7.05 Å². The third kappa shape index (κ3) is 2.31. The van der Waals surface area contributed by atoms with Gasteiger partial charge in [0.15, 0.2) is 11.6 Å². The average Bonchev–Trinajstić information content (AvgIpc) is 2.84. The van der Waals surface area contributed by atoms with Crippen LogP contribution in [0.5, 0.6) is 5.88 Å². The number of rotatable bonds is 3. The molecule has 0 aliphatic rings. The fraction of sp³-hybridized carbons (Fsp3) is 0.0625. The first-order valence-electron chi connectivity index (χ1n) is 6.58. The van der Waals surface area contributed by atoms with Gasteiger partial charge in [-0.3, -0.25) is 10.1 Å². The number of aromatic nitrogens is 1. The van der Waals surface area contributed by atoms with Crippen molar-refractivity contribution in [3.63, 3.8) is 0 Å². The molecular formula is C16H12N2O4. The summed E-state index contributed by atoms with van der Waals surface area (Å²) < 4.78 is 7.12. The summed E-state index contributed by atoms with van der Waals surface area (Å²) in [6.45, 7) is 0. The van der Waals surface area contributed by atoms with Crippen molar-refractivity contribution in [3.05, 3.63) is 64.7 Å². The third-order valence-electron chi connectivity index (χ3n) is 3.36. The minimum atomic E-state index is -0.487. The molecule has 2 aromatic carbocycles. The fourth-order valence-electron chi connectivity index (χ4n) is 2.20. The third-order valence-corrected chi connectivity index (χ3v) is 3.36. The number of hydrogen-bond acceptors (Lipinski definition) is 4. The van der Waals surface area contributed by atoms with E-state index in [1.807, 2.05) is 30.3 Å². The molecule has 0 N–H and O–H groups in total. The van der Waals surface area contributed by atoms with Crippen LogP contribution in [0.1, 0.15) is 0 Å². The van der Waals surface area contributed by atoms with Crippen LogP contribution in [0.25, 0.3) is 22.8 Å². The van der Waals surface area contributed by atoms with Crippen LogP contribution in [-0.2, 0) is 7.05 Å². The second kappa shape index (κ2) is 5.33. The van der Waals surface area contributed by atoms with Crippen molar-refractivity contribution >= 4 is 5.69 Å². The van der Waals surface area contributed by atoms with Gasteiger partial charge in [0.1, 0.15) is 7.05 Å². The summed E-state index contributed by atoms with van der Waals surface area (Å²) in [6.07, 6.45) is 0. The Kier molecular flexibility index (Phi) is 3.34. The van der Waals surface area contributed by atoms with Gasteiger partial charge < -0.3 is 9.52 Å². The summed E-state index contributed by atoms with van der Waals surface area (Å²) in [5.41, 5.74) is 1.26. The summed E-state index contributed by atoms with van der Waals surface area (Å²) in [4.78, 5) is 10.2. The second-order valence-corrected chi connectivity index (χ2v) is 4.77. The molecule has 0 atom stereocenters. The lowest BCUT2D eigenvalue weighted by molar-refractivity contribution is -0.704. The average molecular weight is 296 g/mol. The van der Waals surface area contributed by atoms with Crippen molar-refractivity contribution in [1.29, 1.82) is 0 Å². The molecule has 0 saturated heterocycles. The second-order valence-electron chi connectivity index (χ2n) is 4.77. The Bertz CT molecular complexity index is 823. The molecule has 1 aromatic heterocycles. The summed E-state index contributed by atoms with van der Waals surface area (Å²) in [5, 5.41) is 23.0. The van der Waals surface area contributed by atoms with E-state index in [-0.39, 0.29) is 17.3 Å². The summed E-state index contributed by atoms with van der Waals surface area (Å²) in [5.74, 6) is 0.322. The van der Waals surface area contributed by atoms with Crippen LogP contribution < -0.4 is 9.67 Å². The highest BCUT2D eigenvalue weighted by molar-refractivity contribution is 5.64. The lowest BCUT2D eigenvalue weighted by atomic mass is 10.1. The van der Waals surface area contributed by atoms with Crippen LogP contribution >= 0.6 is 0 Å². The maximum absolute atomic E-state index is 12.3. The molecule has 0 bridgehead atoms. The van der Waals surface area contributed by atoms with Crippen molar-refractivity contribution in [2.45, 2.75) is 0 Å². The Morgan fingerprint density at radius 1 is 1.00 bits per heavy atom. The number of hydrogen-bond donors (Lipinski definition) is 0. The lowest BCUT2D eigenvalue weighted by Crippen LogP contribution is -2.32. The van der Waals surface area contributed by atoms with E-state index in [4.69, 9.17) is 4.42 Å². The Balaban J connectivity index is 2.07. The van der Waals surface area contributed by atoms with Gasteiger partial charge in [0.25, 0.3) is 5.69 Å². The van der Waals surface area contributed by atoms with Gasteiger partial charge in [0, 0.05) is 17.7 Å². The van der Waals surface area contributed by atoms with E-state index < -0.39 is 4.92 Å².